The lowest BCUT2D eigenvalue weighted by Crippen LogP contribution is -2.16. The largest absolute Gasteiger partial charge is 0.0582 e. The molecule has 0 N–H and O–H groups in total. The van der Waals surface area contributed by atoms with Crippen molar-refractivity contribution in [3.63, 3.8) is 0 Å². The Labute approximate surface area is 315 Å². The third-order valence-corrected chi connectivity index (χ3v) is 10.5. The summed E-state index contributed by atoms with van der Waals surface area (Å²) in [6.07, 6.45) is 0. The van der Waals surface area contributed by atoms with Gasteiger partial charge in [-0.05, 0) is 99.5 Å². The van der Waals surface area contributed by atoms with Crippen LogP contribution in [0.2, 0.25) is 0 Å². The average Bonchev–Trinajstić information content (AvgIpc) is 3.10. The van der Waals surface area contributed by atoms with Crippen LogP contribution in [-0.2, 0) is 21.7 Å². The quantitative estimate of drug-likeness (QED) is 0.170. The summed E-state index contributed by atoms with van der Waals surface area (Å²) in [7, 11) is 0. The van der Waals surface area contributed by atoms with Crippen LogP contribution in [0.25, 0.3) is 55.6 Å². The van der Waals surface area contributed by atoms with E-state index in [9.17, 15) is 0 Å². The molecule has 0 spiro atoms. The van der Waals surface area contributed by atoms with Crippen LogP contribution in [0.5, 0.6) is 0 Å². The highest BCUT2D eigenvalue weighted by Gasteiger charge is 2.24. The fourth-order valence-electron chi connectivity index (χ4n) is 7.20. The molecule has 0 radical (unpaired) electrons. The maximum atomic E-state index is 2.40. The Morgan fingerprint density at radius 3 is 0.635 bits per heavy atom. The van der Waals surface area contributed by atoms with Crippen molar-refractivity contribution in [2.45, 2.75) is 105 Å². The summed E-state index contributed by atoms with van der Waals surface area (Å²) in [5.74, 6) is 0. The predicted octanol–water partition coefficient (Wildman–Crippen LogP) is 15.2. The first kappa shape index (κ1) is 37.1. The van der Waals surface area contributed by atoms with Crippen LogP contribution in [-0.4, -0.2) is 0 Å². The van der Waals surface area contributed by atoms with Crippen LogP contribution in [0.3, 0.4) is 0 Å². The molecule has 0 aromatic heterocycles. The number of hydrogen-bond donors (Lipinski definition) is 0. The normalized spacial score (nSPS) is 12.6. The minimum atomic E-state index is 0.0681. The van der Waals surface area contributed by atoms with Crippen molar-refractivity contribution < 1.29 is 0 Å². The molecule has 0 bridgehead atoms. The van der Waals surface area contributed by atoms with Gasteiger partial charge in [-0.1, -0.05) is 217 Å². The minimum Gasteiger partial charge on any atom is -0.0582 e. The van der Waals surface area contributed by atoms with Gasteiger partial charge < -0.3 is 0 Å². The molecular formula is C52H58. The zero-order valence-electron chi connectivity index (χ0n) is 33.7. The van der Waals surface area contributed by atoms with Gasteiger partial charge in [-0.3, -0.25) is 0 Å². The van der Waals surface area contributed by atoms with Crippen molar-refractivity contribution in [3.05, 3.63) is 156 Å². The van der Waals surface area contributed by atoms with Crippen LogP contribution in [0, 0.1) is 0 Å². The average molecular weight is 683 g/mol. The lowest BCUT2D eigenvalue weighted by atomic mass is 9.78. The van der Waals surface area contributed by atoms with Crippen molar-refractivity contribution in [1.29, 1.82) is 0 Å². The monoisotopic (exact) mass is 682 g/mol. The van der Waals surface area contributed by atoms with E-state index in [-0.39, 0.29) is 21.7 Å². The van der Waals surface area contributed by atoms with Gasteiger partial charge in [0.1, 0.15) is 0 Å². The number of rotatable bonds is 5. The van der Waals surface area contributed by atoms with E-state index in [1.165, 1.54) is 77.9 Å². The first-order valence-corrected chi connectivity index (χ1v) is 19.0. The lowest BCUT2D eigenvalue weighted by Gasteiger charge is -2.27. The van der Waals surface area contributed by atoms with Crippen LogP contribution >= 0.6 is 0 Å². The smallest absolute Gasteiger partial charge is 0.0126 e. The van der Waals surface area contributed by atoms with Gasteiger partial charge in [-0.25, -0.2) is 0 Å². The molecule has 0 aliphatic rings. The molecule has 0 saturated carbocycles. The first-order chi connectivity index (χ1) is 24.3. The van der Waals surface area contributed by atoms with E-state index in [1.54, 1.807) is 0 Å². The van der Waals surface area contributed by atoms with Crippen molar-refractivity contribution in [3.8, 4) is 55.6 Å². The molecule has 0 heteroatoms. The zero-order chi connectivity index (χ0) is 37.6. The summed E-state index contributed by atoms with van der Waals surface area (Å²) in [5.41, 5.74) is 18.5. The molecule has 266 valence electrons. The summed E-state index contributed by atoms with van der Waals surface area (Å²) in [4.78, 5) is 0. The summed E-state index contributed by atoms with van der Waals surface area (Å²) in [5, 5.41) is 0. The van der Waals surface area contributed by atoms with Gasteiger partial charge in [-0.15, -0.1) is 0 Å². The van der Waals surface area contributed by atoms with Crippen LogP contribution in [0.4, 0.5) is 0 Å². The minimum absolute atomic E-state index is 0.0681. The third kappa shape index (κ3) is 8.03. The van der Waals surface area contributed by atoms with Crippen LogP contribution < -0.4 is 0 Å². The molecule has 0 aliphatic carbocycles. The summed E-state index contributed by atoms with van der Waals surface area (Å²) in [6.45, 7) is 27.6. The van der Waals surface area contributed by atoms with Crippen molar-refractivity contribution in [1.82, 2.24) is 0 Å². The molecular weight excluding hydrogens is 625 g/mol. The molecule has 6 rings (SSSR count). The van der Waals surface area contributed by atoms with E-state index in [4.69, 9.17) is 0 Å². The second-order valence-corrected chi connectivity index (χ2v) is 18.8. The van der Waals surface area contributed by atoms with Crippen LogP contribution in [0.15, 0.2) is 133 Å². The van der Waals surface area contributed by atoms with Gasteiger partial charge in [0.2, 0.25) is 0 Å². The van der Waals surface area contributed by atoms with E-state index in [0.29, 0.717) is 0 Å². The molecule has 0 nitrogen and oxygen atoms in total. The Balaban J connectivity index is 1.20. The van der Waals surface area contributed by atoms with Gasteiger partial charge in [0.05, 0.1) is 0 Å². The van der Waals surface area contributed by atoms with Gasteiger partial charge in [0.15, 0.2) is 0 Å². The molecule has 0 fully saturated rings. The molecule has 52 heavy (non-hydrogen) atoms. The zero-order valence-corrected chi connectivity index (χ0v) is 33.7. The molecule has 0 saturated heterocycles. The van der Waals surface area contributed by atoms with Crippen molar-refractivity contribution >= 4 is 0 Å². The second-order valence-electron chi connectivity index (χ2n) is 18.8. The molecule has 6 aromatic rings. The van der Waals surface area contributed by atoms with Gasteiger partial charge in [0, 0.05) is 0 Å². The van der Waals surface area contributed by atoms with E-state index in [1.807, 2.05) is 0 Å². The maximum absolute atomic E-state index is 2.40. The maximum Gasteiger partial charge on any atom is -0.0126 e. The molecule has 6 aromatic carbocycles. The van der Waals surface area contributed by atoms with E-state index in [2.05, 4.69) is 217 Å². The Morgan fingerprint density at radius 2 is 0.442 bits per heavy atom. The Hall–Kier alpha value is -4.68. The van der Waals surface area contributed by atoms with Gasteiger partial charge >= 0.3 is 0 Å². The highest BCUT2D eigenvalue weighted by molar-refractivity contribution is 5.78. The highest BCUT2D eigenvalue weighted by Crippen LogP contribution is 2.39. The molecule has 0 aliphatic heterocycles. The fraction of sp³-hybridized carbons (Fsp3) is 0.308. The Kier molecular flexibility index (Phi) is 9.77. The van der Waals surface area contributed by atoms with E-state index in [0.717, 1.165) is 0 Å². The van der Waals surface area contributed by atoms with Gasteiger partial charge in [0.25, 0.3) is 0 Å². The summed E-state index contributed by atoms with van der Waals surface area (Å²) < 4.78 is 0. The van der Waals surface area contributed by atoms with Crippen LogP contribution in [0.1, 0.15) is 105 Å². The fourth-order valence-corrected chi connectivity index (χ4v) is 7.20. The Bertz CT molecular complexity index is 1980. The first-order valence-electron chi connectivity index (χ1n) is 19.0. The SMILES string of the molecule is CC(C)(C)c1ccc(C(C)(C)C)c(-c2ccc(-c3ccc(-c4ccc(-c5ccc(-c6cc(C(C)(C)C)ccc6C(C)(C)C)cc5)cc4)cc3)cc2)c1. The molecule has 0 unspecified atom stereocenters. The number of hydrogen-bond acceptors (Lipinski definition) is 0. The van der Waals surface area contributed by atoms with Crippen molar-refractivity contribution in [2.24, 2.45) is 0 Å². The molecule has 0 amide bonds. The standard InChI is InChI=1S/C52H58/c1-49(2,3)43-29-31-47(51(7,8)9)45(33-43)41-25-21-39(22-26-41)37-17-13-35(14-18-37)36-15-19-38(20-16-36)40-23-27-42(28-24-40)46-34-44(50(4,5)6)30-32-48(46)52(10,11)12/h13-34H,1-12H3. The lowest BCUT2D eigenvalue weighted by molar-refractivity contribution is 0.578. The summed E-state index contributed by atoms with van der Waals surface area (Å²) in [6, 6.07) is 50.3. The molecule has 0 atom stereocenters. The molecule has 0 heterocycles. The van der Waals surface area contributed by atoms with Crippen molar-refractivity contribution in [2.75, 3.05) is 0 Å². The van der Waals surface area contributed by atoms with Gasteiger partial charge in [-0.2, -0.15) is 0 Å². The topological polar surface area (TPSA) is 0 Å². The summed E-state index contributed by atoms with van der Waals surface area (Å²) >= 11 is 0. The van der Waals surface area contributed by atoms with E-state index < -0.39 is 0 Å². The highest BCUT2D eigenvalue weighted by atomic mass is 14.3. The third-order valence-electron chi connectivity index (χ3n) is 10.5. The Morgan fingerprint density at radius 1 is 0.231 bits per heavy atom. The second kappa shape index (κ2) is 13.7. The van der Waals surface area contributed by atoms with E-state index >= 15 is 0 Å². The predicted molar refractivity (Wildman–Crippen MR) is 228 cm³/mol. The number of benzene rings is 6.